The highest BCUT2D eigenvalue weighted by atomic mass is 16.7. The van der Waals surface area contributed by atoms with Crippen LogP contribution in [0.2, 0.25) is 0 Å². The minimum atomic E-state index is -0.613. The Balaban J connectivity index is 1.60. The molecule has 0 saturated carbocycles. The predicted octanol–water partition coefficient (Wildman–Crippen LogP) is 3.72. The number of para-hydroxylation sites is 2. The van der Waals surface area contributed by atoms with E-state index in [1.165, 1.54) is 0 Å². The zero-order valence-corrected chi connectivity index (χ0v) is 19.5. The van der Waals surface area contributed by atoms with Crippen LogP contribution in [0, 0.1) is 5.92 Å². The molecule has 0 radical (unpaired) electrons. The normalized spacial score (nSPS) is 19.4. The van der Waals surface area contributed by atoms with Crippen LogP contribution in [-0.2, 0) is 24.0 Å². The van der Waals surface area contributed by atoms with Gasteiger partial charge in [0.15, 0.2) is 5.71 Å². The average molecular weight is 455 g/mol. The van der Waals surface area contributed by atoms with Crippen LogP contribution in [0.25, 0.3) is 0 Å². The lowest BCUT2D eigenvalue weighted by Gasteiger charge is -2.20. The molecule has 1 heterocycles. The summed E-state index contributed by atoms with van der Waals surface area (Å²) < 4.78 is 8.31. The lowest BCUT2D eigenvalue weighted by atomic mass is 9.97. The molecule has 1 aliphatic heterocycles. The number of anilines is 1. The zero-order chi connectivity index (χ0) is 23.8. The Hall–Kier alpha value is -3.42. The molecule has 2 amide bonds. The van der Waals surface area contributed by atoms with Gasteiger partial charge in [-0.25, -0.2) is 4.79 Å². The van der Waals surface area contributed by atoms with Crippen LogP contribution in [0.1, 0.15) is 46.0 Å². The minimum Gasteiger partial charge on any atom is -0.497 e. The van der Waals surface area contributed by atoms with Gasteiger partial charge in [0.25, 0.3) is 11.8 Å². The van der Waals surface area contributed by atoms with E-state index in [9.17, 15) is 14.4 Å². The average Bonchev–Trinajstić information content (AvgIpc) is 3.13. The Labute approximate surface area is 194 Å². The van der Waals surface area contributed by atoms with E-state index < -0.39 is 17.8 Å². The van der Waals surface area contributed by atoms with Crippen LogP contribution in [0.4, 0.5) is 11.4 Å². The number of allylic oxidation sites excluding steroid dienone is 4. The number of carbonyl (C=O) groups is 3. The highest BCUT2D eigenvalue weighted by Gasteiger charge is 2.33. The fraction of sp³-hybridized carbons (Fsp3) is 0.440. The van der Waals surface area contributed by atoms with Crippen LogP contribution >= 0.6 is 0 Å². The molecule has 1 aromatic rings. The Kier molecular flexibility index (Phi) is 8.40. The van der Waals surface area contributed by atoms with Crippen molar-refractivity contribution in [3.05, 3.63) is 48.3 Å². The van der Waals surface area contributed by atoms with E-state index in [0.29, 0.717) is 18.1 Å². The van der Waals surface area contributed by atoms with Gasteiger partial charge in [0.1, 0.15) is 18.0 Å². The SMILES string of the molecule is CCC[N+](=C1C=CC=C(OCCCC(=O)ON2C(=O)CCC2=O)C1C)c1ccccc1NC. The van der Waals surface area contributed by atoms with Gasteiger partial charge in [0, 0.05) is 38.5 Å². The number of ether oxygens (including phenoxy) is 1. The van der Waals surface area contributed by atoms with Gasteiger partial charge in [-0.05, 0) is 25.5 Å². The molecule has 1 unspecified atom stereocenters. The quantitative estimate of drug-likeness (QED) is 0.329. The van der Waals surface area contributed by atoms with Gasteiger partial charge in [-0.3, -0.25) is 9.59 Å². The first-order valence-electron chi connectivity index (χ1n) is 11.4. The molecule has 0 aromatic heterocycles. The number of rotatable bonds is 10. The van der Waals surface area contributed by atoms with Crippen molar-refractivity contribution in [2.24, 2.45) is 5.92 Å². The van der Waals surface area contributed by atoms with Gasteiger partial charge in [-0.2, -0.15) is 4.58 Å². The molecule has 8 heteroatoms. The minimum absolute atomic E-state index is 0.0401. The predicted molar refractivity (Wildman–Crippen MR) is 125 cm³/mol. The van der Waals surface area contributed by atoms with Gasteiger partial charge in [0.2, 0.25) is 5.69 Å². The maximum atomic E-state index is 12.0. The maximum Gasteiger partial charge on any atom is 0.333 e. The lowest BCUT2D eigenvalue weighted by Crippen LogP contribution is -2.32. The van der Waals surface area contributed by atoms with Crippen molar-refractivity contribution in [3.8, 4) is 0 Å². The van der Waals surface area contributed by atoms with Gasteiger partial charge in [-0.15, -0.1) is 5.06 Å². The molecule has 1 atom stereocenters. The summed E-state index contributed by atoms with van der Waals surface area (Å²) in [4.78, 5) is 40.0. The molecule has 3 rings (SSSR count). The van der Waals surface area contributed by atoms with Crippen LogP contribution in [0.3, 0.4) is 0 Å². The molecule has 1 fully saturated rings. The summed E-state index contributed by atoms with van der Waals surface area (Å²) in [6, 6.07) is 8.21. The summed E-state index contributed by atoms with van der Waals surface area (Å²) >= 11 is 0. The molecular formula is C25H32N3O5+. The number of nitrogens with zero attached hydrogens (tertiary/aromatic N) is 2. The third-order valence-electron chi connectivity index (χ3n) is 5.61. The summed E-state index contributed by atoms with van der Waals surface area (Å²) in [5, 5.41) is 3.84. The maximum absolute atomic E-state index is 12.0. The van der Waals surface area contributed by atoms with Gasteiger partial charge >= 0.3 is 5.97 Å². The van der Waals surface area contributed by atoms with E-state index in [1.54, 1.807) is 0 Å². The third kappa shape index (κ3) is 5.88. The Morgan fingerprint density at radius 2 is 1.94 bits per heavy atom. The summed E-state index contributed by atoms with van der Waals surface area (Å²) in [6.07, 6.45) is 7.68. The second kappa shape index (κ2) is 11.4. The second-order valence-corrected chi connectivity index (χ2v) is 7.99. The molecule has 0 spiro atoms. The lowest BCUT2D eigenvalue weighted by molar-refractivity contribution is -0.441. The molecule has 1 aromatic carbocycles. The van der Waals surface area contributed by atoms with Crippen molar-refractivity contribution in [2.75, 3.05) is 25.5 Å². The van der Waals surface area contributed by atoms with Crippen molar-refractivity contribution >= 4 is 34.9 Å². The fourth-order valence-electron chi connectivity index (χ4n) is 3.92. The number of hydrogen-bond acceptors (Lipinski definition) is 6. The Morgan fingerprint density at radius 3 is 2.64 bits per heavy atom. The summed E-state index contributed by atoms with van der Waals surface area (Å²) in [5.41, 5.74) is 3.32. The Morgan fingerprint density at radius 1 is 1.21 bits per heavy atom. The number of amides is 2. The van der Waals surface area contributed by atoms with Crippen molar-refractivity contribution < 1.29 is 28.5 Å². The van der Waals surface area contributed by atoms with Gasteiger partial charge in [-0.1, -0.05) is 25.1 Å². The van der Waals surface area contributed by atoms with E-state index >= 15 is 0 Å². The summed E-state index contributed by atoms with van der Waals surface area (Å²) in [6.45, 7) is 5.46. The number of benzene rings is 1. The zero-order valence-electron chi connectivity index (χ0n) is 19.5. The summed E-state index contributed by atoms with van der Waals surface area (Å²) in [7, 11) is 1.92. The Bertz CT molecular complexity index is 980. The third-order valence-corrected chi connectivity index (χ3v) is 5.61. The van der Waals surface area contributed by atoms with E-state index in [0.717, 1.165) is 35.8 Å². The molecule has 8 nitrogen and oxygen atoms in total. The van der Waals surface area contributed by atoms with Crippen molar-refractivity contribution in [1.82, 2.24) is 5.06 Å². The standard InChI is InChI=1S/C25H32N3O5/c1-4-16-27(21-10-6-5-9-19(21)26-3)20-11-7-12-22(18(20)2)32-17-8-13-25(31)33-28-23(29)14-15-24(28)30/h5-7,9-12,18,26H,4,8,13-17H2,1-3H3/q+1. The van der Waals surface area contributed by atoms with Crippen LogP contribution < -0.4 is 5.32 Å². The number of nitrogens with one attached hydrogen (secondary N) is 1. The highest BCUT2D eigenvalue weighted by Crippen LogP contribution is 2.28. The first-order valence-corrected chi connectivity index (χ1v) is 11.4. The molecule has 2 aliphatic rings. The highest BCUT2D eigenvalue weighted by molar-refractivity contribution is 6.01. The van der Waals surface area contributed by atoms with Crippen LogP contribution in [0.15, 0.2) is 48.3 Å². The van der Waals surface area contributed by atoms with Crippen LogP contribution in [-0.4, -0.2) is 53.3 Å². The van der Waals surface area contributed by atoms with Gasteiger partial charge < -0.3 is 14.9 Å². The smallest absolute Gasteiger partial charge is 0.333 e. The fourth-order valence-corrected chi connectivity index (χ4v) is 3.92. The van der Waals surface area contributed by atoms with Crippen molar-refractivity contribution in [2.45, 2.75) is 46.0 Å². The van der Waals surface area contributed by atoms with E-state index in [1.807, 2.05) is 31.3 Å². The molecule has 1 N–H and O–H groups in total. The second-order valence-electron chi connectivity index (χ2n) is 7.99. The summed E-state index contributed by atoms with van der Waals surface area (Å²) in [5.74, 6) is -0.695. The number of hydroxylamine groups is 2. The number of hydrogen-bond donors (Lipinski definition) is 1. The van der Waals surface area contributed by atoms with E-state index in [4.69, 9.17) is 9.57 Å². The first-order chi connectivity index (χ1) is 16.0. The molecular weight excluding hydrogens is 422 g/mol. The molecule has 176 valence electrons. The van der Waals surface area contributed by atoms with Crippen molar-refractivity contribution in [1.29, 1.82) is 0 Å². The number of carbonyl (C=O) groups excluding carboxylic acids is 3. The largest absolute Gasteiger partial charge is 0.497 e. The van der Waals surface area contributed by atoms with Crippen LogP contribution in [0.5, 0.6) is 0 Å². The number of imide groups is 1. The monoisotopic (exact) mass is 454 g/mol. The molecule has 1 saturated heterocycles. The molecule has 33 heavy (non-hydrogen) atoms. The van der Waals surface area contributed by atoms with Crippen molar-refractivity contribution in [3.63, 3.8) is 0 Å². The van der Waals surface area contributed by atoms with E-state index in [-0.39, 0.29) is 25.2 Å². The van der Waals surface area contributed by atoms with E-state index in [2.05, 4.69) is 41.9 Å². The topological polar surface area (TPSA) is 88.0 Å². The molecule has 1 aliphatic carbocycles. The first kappa shape index (κ1) is 24.2. The van der Waals surface area contributed by atoms with Gasteiger partial charge in [0.05, 0.1) is 18.9 Å². The molecule has 0 bridgehead atoms.